The van der Waals surface area contributed by atoms with Crippen LogP contribution in [0.1, 0.15) is 13.3 Å². The average molecular weight is 221 g/mol. The predicted molar refractivity (Wildman–Crippen MR) is 39.3 cm³/mol. The van der Waals surface area contributed by atoms with Crippen LogP contribution in [-0.2, 0) is 10.0 Å². The first-order chi connectivity index (χ1) is 5.67. The number of hydrogen-bond acceptors (Lipinski definition) is 3. The second kappa shape index (κ2) is 4.25. The molecule has 0 saturated carbocycles. The molecule has 0 aliphatic rings. The lowest BCUT2D eigenvalue weighted by molar-refractivity contribution is -0.0448. The lowest BCUT2D eigenvalue weighted by Crippen LogP contribution is -2.37. The van der Waals surface area contributed by atoms with Crippen molar-refractivity contribution in [3.63, 3.8) is 0 Å². The molecule has 8 heteroatoms. The predicted octanol–water partition coefficient (Wildman–Crippen LogP) is 0.197. The molecule has 0 bridgehead atoms. The number of rotatable bonds is 4. The summed E-state index contributed by atoms with van der Waals surface area (Å²) in [5.41, 5.74) is -5.29. The smallest absolute Gasteiger partial charge is 0.393 e. The van der Waals surface area contributed by atoms with Crippen LogP contribution in [0.2, 0.25) is 0 Å². The van der Waals surface area contributed by atoms with Gasteiger partial charge in [0.05, 0.1) is 6.10 Å². The van der Waals surface area contributed by atoms with Crippen molar-refractivity contribution in [1.82, 2.24) is 4.72 Å². The molecule has 0 aliphatic heterocycles. The second-order valence-corrected chi connectivity index (χ2v) is 4.24. The largest absolute Gasteiger partial charge is 0.511 e. The topological polar surface area (TPSA) is 66.4 Å². The van der Waals surface area contributed by atoms with E-state index in [1.165, 1.54) is 11.6 Å². The lowest BCUT2D eigenvalue weighted by Gasteiger charge is -2.09. The van der Waals surface area contributed by atoms with Gasteiger partial charge in [-0.1, -0.05) is 0 Å². The molecular weight excluding hydrogens is 211 g/mol. The Labute approximate surface area is 73.8 Å². The first kappa shape index (κ1) is 12.7. The molecule has 0 rings (SSSR count). The third-order valence-corrected chi connectivity index (χ3v) is 2.35. The van der Waals surface area contributed by atoms with Crippen LogP contribution in [0.3, 0.4) is 0 Å². The van der Waals surface area contributed by atoms with Crippen molar-refractivity contribution in [2.45, 2.75) is 25.0 Å². The Bertz CT molecular complexity index is 246. The number of alkyl halides is 3. The van der Waals surface area contributed by atoms with Crippen molar-refractivity contribution in [3.05, 3.63) is 0 Å². The molecule has 1 unspecified atom stereocenters. The molecule has 2 N–H and O–H groups in total. The monoisotopic (exact) mass is 221 g/mol. The summed E-state index contributed by atoms with van der Waals surface area (Å²) in [5.74, 6) is 0. The van der Waals surface area contributed by atoms with E-state index >= 15 is 0 Å². The van der Waals surface area contributed by atoms with E-state index in [1.54, 1.807) is 0 Å². The Hall–Kier alpha value is -0.340. The fourth-order valence-corrected chi connectivity index (χ4v) is 1.03. The van der Waals surface area contributed by atoms with Crippen molar-refractivity contribution in [3.8, 4) is 0 Å². The zero-order valence-corrected chi connectivity index (χ0v) is 7.61. The molecule has 0 radical (unpaired) electrons. The van der Waals surface area contributed by atoms with Gasteiger partial charge in [0.2, 0.25) is 0 Å². The minimum Gasteiger partial charge on any atom is -0.393 e. The maximum Gasteiger partial charge on any atom is 0.511 e. The van der Waals surface area contributed by atoms with Crippen molar-refractivity contribution in [2.24, 2.45) is 0 Å². The van der Waals surface area contributed by atoms with Crippen LogP contribution in [0.25, 0.3) is 0 Å². The first-order valence-electron chi connectivity index (χ1n) is 3.41. The SMILES string of the molecule is CC(O)CCNS(=O)(=O)C(F)(F)F. The highest BCUT2D eigenvalue weighted by molar-refractivity contribution is 7.90. The minimum atomic E-state index is -5.29. The highest BCUT2D eigenvalue weighted by atomic mass is 32.2. The molecule has 0 saturated heterocycles. The van der Waals surface area contributed by atoms with Crippen LogP contribution >= 0.6 is 0 Å². The summed E-state index contributed by atoms with van der Waals surface area (Å²) in [4.78, 5) is 0. The summed E-state index contributed by atoms with van der Waals surface area (Å²) in [6, 6.07) is 0. The summed E-state index contributed by atoms with van der Waals surface area (Å²) >= 11 is 0. The third kappa shape index (κ3) is 4.44. The zero-order chi connectivity index (χ0) is 10.7. The van der Waals surface area contributed by atoms with Crippen molar-refractivity contribution in [2.75, 3.05) is 6.54 Å². The summed E-state index contributed by atoms with van der Waals surface area (Å²) in [7, 11) is -5.25. The fraction of sp³-hybridized carbons (Fsp3) is 1.00. The average Bonchev–Trinajstić information content (AvgIpc) is 1.82. The van der Waals surface area contributed by atoms with Gasteiger partial charge >= 0.3 is 15.5 Å². The van der Waals surface area contributed by atoms with Crippen LogP contribution in [0.4, 0.5) is 13.2 Å². The van der Waals surface area contributed by atoms with E-state index in [2.05, 4.69) is 0 Å². The molecule has 0 spiro atoms. The van der Waals surface area contributed by atoms with Crippen LogP contribution in [-0.4, -0.2) is 31.7 Å². The van der Waals surface area contributed by atoms with Gasteiger partial charge in [-0.3, -0.25) is 0 Å². The Balaban J connectivity index is 4.07. The zero-order valence-electron chi connectivity index (χ0n) is 6.80. The summed E-state index contributed by atoms with van der Waals surface area (Å²) in [6.07, 6.45) is -0.897. The number of aliphatic hydroxyl groups excluding tert-OH is 1. The van der Waals surface area contributed by atoms with E-state index in [-0.39, 0.29) is 6.42 Å². The van der Waals surface area contributed by atoms with Gasteiger partial charge in [0, 0.05) is 6.54 Å². The summed E-state index contributed by atoms with van der Waals surface area (Å²) < 4.78 is 56.9. The van der Waals surface area contributed by atoms with Crippen molar-refractivity contribution >= 4 is 10.0 Å². The number of sulfonamides is 1. The van der Waals surface area contributed by atoms with Gasteiger partial charge in [-0.05, 0) is 13.3 Å². The van der Waals surface area contributed by atoms with E-state index in [4.69, 9.17) is 5.11 Å². The Morgan fingerprint density at radius 1 is 1.46 bits per heavy atom. The molecule has 1 atom stereocenters. The minimum absolute atomic E-state index is 0.0602. The highest BCUT2D eigenvalue weighted by Gasteiger charge is 2.45. The maximum atomic E-state index is 11.6. The Morgan fingerprint density at radius 3 is 2.23 bits per heavy atom. The molecule has 80 valence electrons. The van der Waals surface area contributed by atoms with E-state index in [9.17, 15) is 21.6 Å². The molecule has 0 fully saturated rings. The summed E-state index contributed by atoms with van der Waals surface area (Å²) in [5, 5.41) is 8.64. The molecule has 0 aromatic carbocycles. The Morgan fingerprint density at radius 2 is 1.92 bits per heavy atom. The molecule has 0 amide bonds. The van der Waals surface area contributed by atoms with Crippen LogP contribution in [0.5, 0.6) is 0 Å². The molecular formula is C5H10F3NO3S. The quantitative estimate of drug-likeness (QED) is 0.712. The van der Waals surface area contributed by atoms with Crippen LogP contribution in [0.15, 0.2) is 0 Å². The molecule has 0 heterocycles. The van der Waals surface area contributed by atoms with Gasteiger partial charge in [-0.2, -0.15) is 13.2 Å². The van der Waals surface area contributed by atoms with Gasteiger partial charge in [0.15, 0.2) is 0 Å². The van der Waals surface area contributed by atoms with Crippen molar-refractivity contribution in [1.29, 1.82) is 0 Å². The van der Waals surface area contributed by atoms with Gasteiger partial charge < -0.3 is 5.11 Å². The molecule has 4 nitrogen and oxygen atoms in total. The number of halogens is 3. The first-order valence-corrected chi connectivity index (χ1v) is 4.89. The van der Waals surface area contributed by atoms with Crippen molar-refractivity contribution < 1.29 is 26.7 Å². The van der Waals surface area contributed by atoms with E-state index < -0.39 is 28.2 Å². The van der Waals surface area contributed by atoms with Crippen LogP contribution in [0, 0.1) is 0 Å². The van der Waals surface area contributed by atoms with Crippen LogP contribution < -0.4 is 4.72 Å². The summed E-state index contributed by atoms with van der Waals surface area (Å²) in [6.45, 7) is 0.918. The molecule has 0 aromatic heterocycles. The molecule has 13 heavy (non-hydrogen) atoms. The van der Waals surface area contributed by atoms with Gasteiger partial charge in [-0.15, -0.1) is 0 Å². The third-order valence-electron chi connectivity index (χ3n) is 1.16. The standard InChI is InChI=1S/C5H10F3NO3S/c1-4(10)2-3-9-13(11,12)5(6,7)8/h4,9-10H,2-3H2,1H3. The highest BCUT2D eigenvalue weighted by Crippen LogP contribution is 2.21. The molecule has 0 aliphatic carbocycles. The number of hydrogen-bond donors (Lipinski definition) is 2. The lowest BCUT2D eigenvalue weighted by atomic mass is 10.3. The number of aliphatic hydroxyl groups is 1. The second-order valence-electron chi connectivity index (χ2n) is 2.48. The van der Waals surface area contributed by atoms with E-state index in [0.29, 0.717) is 0 Å². The van der Waals surface area contributed by atoms with Gasteiger partial charge in [0.1, 0.15) is 0 Å². The molecule has 0 aromatic rings. The fourth-order valence-electron chi connectivity index (χ4n) is 0.484. The van der Waals surface area contributed by atoms with E-state index in [1.807, 2.05) is 0 Å². The van der Waals surface area contributed by atoms with Gasteiger partial charge in [-0.25, -0.2) is 13.1 Å². The van der Waals surface area contributed by atoms with E-state index in [0.717, 1.165) is 0 Å². The number of nitrogens with one attached hydrogen (secondary N) is 1. The Kier molecular flexibility index (Phi) is 4.14. The van der Waals surface area contributed by atoms with Gasteiger partial charge in [0.25, 0.3) is 0 Å². The maximum absolute atomic E-state index is 11.6. The normalized spacial score (nSPS) is 15.8.